The molecule has 0 bridgehead atoms. The van der Waals surface area contributed by atoms with Crippen molar-refractivity contribution in [1.82, 2.24) is 4.72 Å². The quantitative estimate of drug-likeness (QED) is 0.657. The van der Waals surface area contributed by atoms with Gasteiger partial charge in [-0.15, -0.1) is 11.3 Å². The van der Waals surface area contributed by atoms with Gasteiger partial charge < -0.3 is 0 Å². The zero-order chi connectivity index (χ0) is 14.3. The predicted molar refractivity (Wildman–Crippen MR) is 85.1 cm³/mol. The van der Waals surface area contributed by atoms with Crippen molar-refractivity contribution >= 4 is 37.3 Å². The van der Waals surface area contributed by atoms with Crippen LogP contribution in [0.4, 0.5) is 0 Å². The van der Waals surface area contributed by atoms with Gasteiger partial charge in [0.25, 0.3) is 0 Å². The molecule has 0 spiro atoms. The molecule has 19 heavy (non-hydrogen) atoms. The normalized spacial score (nSPS) is 12.2. The molecule has 1 aromatic rings. The van der Waals surface area contributed by atoms with E-state index in [1.165, 1.54) is 30.6 Å². The fourth-order valence-corrected chi connectivity index (χ4v) is 4.88. The smallest absolute Gasteiger partial charge is 0.210 e. The minimum atomic E-state index is -3.31. The Kier molecular flexibility index (Phi) is 7.57. The fourth-order valence-electron chi connectivity index (χ4n) is 1.75. The summed E-state index contributed by atoms with van der Waals surface area (Å²) in [7, 11) is -3.31. The highest BCUT2D eigenvalue weighted by Crippen LogP contribution is 2.25. The van der Waals surface area contributed by atoms with Crippen molar-refractivity contribution in [3.63, 3.8) is 0 Å². The summed E-state index contributed by atoms with van der Waals surface area (Å²) in [6.07, 6.45) is 5.68. The Labute approximate surface area is 129 Å². The van der Waals surface area contributed by atoms with E-state index >= 15 is 0 Å². The molecule has 0 amide bonds. The molecule has 1 aromatic heterocycles. The molecule has 110 valence electrons. The van der Waals surface area contributed by atoms with Gasteiger partial charge >= 0.3 is 0 Å². The Morgan fingerprint density at radius 2 is 1.89 bits per heavy atom. The second-order valence-corrected chi connectivity index (χ2v) is 9.51. The summed E-state index contributed by atoms with van der Waals surface area (Å²) in [4.78, 5) is 0. The van der Waals surface area contributed by atoms with Crippen molar-refractivity contribution in [2.24, 2.45) is 5.92 Å². The van der Waals surface area contributed by atoms with Gasteiger partial charge in [0.1, 0.15) is 4.21 Å². The summed E-state index contributed by atoms with van der Waals surface area (Å²) < 4.78 is 27.7. The summed E-state index contributed by atoms with van der Waals surface area (Å²) in [5.41, 5.74) is 0. The second-order valence-electron chi connectivity index (χ2n) is 5.05. The molecule has 0 aliphatic heterocycles. The molecule has 3 nitrogen and oxygen atoms in total. The van der Waals surface area contributed by atoms with Crippen LogP contribution in [0.5, 0.6) is 0 Å². The Balaban J connectivity index is 2.19. The lowest BCUT2D eigenvalue weighted by atomic mass is 10.0. The maximum atomic E-state index is 11.9. The molecular weight excluding hydrogens is 346 g/mol. The summed E-state index contributed by atoms with van der Waals surface area (Å²) in [5, 5.41) is 0. The molecule has 0 aliphatic rings. The van der Waals surface area contributed by atoms with E-state index in [1.807, 2.05) is 0 Å². The topological polar surface area (TPSA) is 46.2 Å². The lowest BCUT2D eigenvalue weighted by Crippen LogP contribution is -2.23. The highest BCUT2D eigenvalue weighted by atomic mass is 79.9. The molecule has 0 saturated carbocycles. The third kappa shape index (κ3) is 6.88. The highest BCUT2D eigenvalue weighted by Gasteiger charge is 2.15. The van der Waals surface area contributed by atoms with Crippen LogP contribution in [0.2, 0.25) is 0 Å². The van der Waals surface area contributed by atoms with Crippen molar-refractivity contribution < 1.29 is 8.42 Å². The van der Waals surface area contributed by atoms with Gasteiger partial charge in [-0.05, 0) is 40.4 Å². The van der Waals surface area contributed by atoms with Crippen LogP contribution in [0.3, 0.4) is 0 Å². The van der Waals surface area contributed by atoms with Gasteiger partial charge in [-0.3, -0.25) is 0 Å². The first-order chi connectivity index (χ1) is 8.92. The minimum Gasteiger partial charge on any atom is -0.210 e. The number of hydrogen-bond acceptors (Lipinski definition) is 3. The molecule has 0 unspecified atom stereocenters. The van der Waals surface area contributed by atoms with Crippen molar-refractivity contribution in [2.75, 3.05) is 6.54 Å². The van der Waals surface area contributed by atoms with E-state index in [9.17, 15) is 8.42 Å². The van der Waals surface area contributed by atoms with E-state index in [0.717, 1.165) is 22.5 Å². The number of nitrogens with one attached hydrogen (secondary N) is 1. The zero-order valence-electron chi connectivity index (χ0n) is 11.5. The monoisotopic (exact) mass is 367 g/mol. The number of unbranched alkanes of at least 4 members (excludes halogenated alkanes) is 3. The van der Waals surface area contributed by atoms with Gasteiger partial charge in [-0.2, -0.15) is 0 Å². The molecule has 6 heteroatoms. The van der Waals surface area contributed by atoms with E-state index < -0.39 is 10.0 Å². The fraction of sp³-hybridized carbons (Fsp3) is 0.692. The van der Waals surface area contributed by atoms with Crippen molar-refractivity contribution in [3.05, 3.63) is 15.9 Å². The van der Waals surface area contributed by atoms with Gasteiger partial charge in [0.2, 0.25) is 10.0 Å². The number of rotatable bonds is 9. The van der Waals surface area contributed by atoms with Crippen molar-refractivity contribution in [1.29, 1.82) is 0 Å². The van der Waals surface area contributed by atoms with Gasteiger partial charge in [0.05, 0.1) is 3.79 Å². The van der Waals surface area contributed by atoms with Crippen LogP contribution in [-0.2, 0) is 10.0 Å². The maximum Gasteiger partial charge on any atom is 0.250 e. The summed E-state index contributed by atoms with van der Waals surface area (Å²) in [6.45, 7) is 4.99. The molecule has 1 rings (SSSR count). The van der Waals surface area contributed by atoms with Gasteiger partial charge in [-0.25, -0.2) is 13.1 Å². The number of thiophene rings is 1. The van der Waals surface area contributed by atoms with Crippen LogP contribution in [0.15, 0.2) is 20.1 Å². The van der Waals surface area contributed by atoms with Gasteiger partial charge in [0.15, 0.2) is 0 Å². The summed E-state index contributed by atoms with van der Waals surface area (Å²) in [5.74, 6) is 0.760. The molecule has 0 saturated heterocycles. The average molecular weight is 368 g/mol. The molecule has 0 atom stereocenters. The first-order valence-electron chi connectivity index (χ1n) is 6.67. The lowest BCUT2D eigenvalue weighted by molar-refractivity contribution is 0.517. The Hall–Kier alpha value is 0.0900. The molecule has 1 heterocycles. The largest absolute Gasteiger partial charge is 0.250 e. The van der Waals surface area contributed by atoms with E-state index in [4.69, 9.17) is 0 Å². The molecule has 0 radical (unpaired) electrons. The highest BCUT2D eigenvalue weighted by molar-refractivity contribution is 9.11. The maximum absolute atomic E-state index is 11.9. The van der Waals surface area contributed by atoms with Crippen LogP contribution in [0, 0.1) is 5.92 Å². The SMILES string of the molecule is CC(C)CCCCCCNS(=O)(=O)c1ccc(Br)s1. The molecule has 1 N–H and O–H groups in total. The van der Waals surface area contributed by atoms with Gasteiger partial charge in [-0.1, -0.05) is 39.5 Å². The number of halogens is 1. The van der Waals surface area contributed by atoms with Gasteiger partial charge in [0, 0.05) is 6.54 Å². The number of sulfonamides is 1. The Morgan fingerprint density at radius 3 is 2.47 bits per heavy atom. The van der Waals surface area contributed by atoms with Crippen molar-refractivity contribution in [2.45, 2.75) is 50.2 Å². The van der Waals surface area contributed by atoms with Crippen molar-refractivity contribution in [3.8, 4) is 0 Å². The zero-order valence-corrected chi connectivity index (χ0v) is 14.7. The minimum absolute atomic E-state index is 0.374. The Morgan fingerprint density at radius 1 is 1.21 bits per heavy atom. The van der Waals surface area contributed by atoms with E-state index in [-0.39, 0.29) is 0 Å². The molecule has 0 aliphatic carbocycles. The molecular formula is C13H22BrNO2S2. The van der Waals surface area contributed by atoms with Crippen LogP contribution in [0.25, 0.3) is 0 Å². The third-order valence-corrected chi connectivity index (χ3v) is 6.39. The van der Waals surface area contributed by atoms with E-state index in [2.05, 4.69) is 34.5 Å². The Bertz CT molecular complexity index is 469. The number of hydrogen-bond donors (Lipinski definition) is 1. The van der Waals surface area contributed by atoms with E-state index in [1.54, 1.807) is 12.1 Å². The first-order valence-corrected chi connectivity index (χ1v) is 9.76. The predicted octanol–water partition coefficient (Wildman–Crippen LogP) is 4.40. The van der Waals surface area contributed by atoms with Crippen LogP contribution in [0.1, 0.15) is 46.0 Å². The van der Waals surface area contributed by atoms with Crippen LogP contribution < -0.4 is 4.72 Å². The van der Waals surface area contributed by atoms with E-state index in [0.29, 0.717) is 10.8 Å². The van der Waals surface area contributed by atoms with Crippen LogP contribution >= 0.6 is 27.3 Å². The molecule has 0 aromatic carbocycles. The summed E-state index contributed by atoms with van der Waals surface area (Å²) >= 11 is 4.51. The average Bonchev–Trinajstić information content (AvgIpc) is 2.75. The first kappa shape index (κ1) is 17.1. The summed E-state index contributed by atoms with van der Waals surface area (Å²) in [6, 6.07) is 3.38. The molecule has 0 fully saturated rings. The van der Waals surface area contributed by atoms with Crippen LogP contribution in [-0.4, -0.2) is 15.0 Å². The lowest BCUT2D eigenvalue weighted by Gasteiger charge is -2.06. The second kappa shape index (κ2) is 8.39. The standard InChI is InChI=1S/C13H22BrNO2S2/c1-11(2)7-5-3-4-6-10-15-19(16,17)13-9-8-12(14)18-13/h8-9,11,15H,3-7,10H2,1-2H3. The third-order valence-electron chi connectivity index (χ3n) is 2.81.